The van der Waals surface area contributed by atoms with E-state index in [4.69, 9.17) is 4.52 Å². The number of H-pyrrole nitrogens is 1. The summed E-state index contributed by atoms with van der Waals surface area (Å²) in [5.41, 5.74) is 0.382. The van der Waals surface area contributed by atoms with Gasteiger partial charge in [-0.3, -0.25) is 14.6 Å². The first kappa shape index (κ1) is 20.2. The number of unbranched alkanes of at least 4 members (excludes halogenated alkanes) is 1. The molecule has 0 aliphatic carbocycles. The van der Waals surface area contributed by atoms with E-state index in [9.17, 15) is 9.59 Å². The number of aromatic amines is 1. The molecule has 0 aliphatic rings. The zero-order valence-corrected chi connectivity index (χ0v) is 16.7. The number of benzene rings is 1. The Morgan fingerprint density at radius 3 is 2.68 bits per heavy atom. The van der Waals surface area contributed by atoms with Crippen LogP contribution in [0.15, 0.2) is 58.0 Å². The van der Waals surface area contributed by atoms with Crippen LogP contribution in [0, 0.1) is 0 Å². The smallest absolute Gasteiger partial charge is 0.272 e. The van der Waals surface area contributed by atoms with E-state index >= 15 is 0 Å². The number of pyridine rings is 1. The van der Waals surface area contributed by atoms with Gasteiger partial charge < -0.3 is 15.2 Å². The maximum atomic E-state index is 12.1. The molecule has 0 spiro atoms. The molecule has 3 aromatic heterocycles. The van der Waals surface area contributed by atoms with Crippen molar-refractivity contribution in [3.05, 3.63) is 64.9 Å². The molecule has 10 heteroatoms. The molecule has 4 rings (SSSR count). The van der Waals surface area contributed by atoms with Gasteiger partial charge in [0.2, 0.25) is 17.6 Å². The van der Waals surface area contributed by atoms with Crippen molar-refractivity contribution in [3.63, 3.8) is 0 Å². The van der Waals surface area contributed by atoms with Gasteiger partial charge in [-0.2, -0.15) is 10.1 Å². The predicted octanol–water partition coefficient (Wildman–Crippen LogP) is 1.92. The number of amides is 1. The lowest BCUT2D eigenvalue weighted by molar-refractivity contribution is -0.120. The Bertz CT molecular complexity index is 1220. The molecule has 1 aromatic carbocycles. The van der Waals surface area contributed by atoms with Gasteiger partial charge in [0, 0.05) is 24.7 Å². The third kappa shape index (κ3) is 5.10. The molecule has 0 radical (unpaired) electrons. The summed E-state index contributed by atoms with van der Waals surface area (Å²) in [7, 11) is 0. The lowest BCUT2D eigenvalue weighted by atomic mass is 10.2. The van der Waals surface area contributed by atoms with Crippen LogP contribution in [0.3, 0.4) is 0 Å². The Labute approximate surface area is 177 Å². The average Bonchev–Trinajstić information content (AvgIpc) is 3.26. The number of fused-ring (bicyclic) bond motifs is 1. The monoisotopic (exact) mass is 419 g/mol. The molecule has 0 atom stereocenters. The van der Waals surface area contributed by atoms with E-state index in [0.717, 1.165) is 18.2 Å². The standard InChI is InChI=1S/C21H21N7O3/c29-17(13-18-25-20(28-31-18)16-9-3-4-10-22-16)23-11-5-6-12-24-19-14-7-1-2-8-15(14)21(30)27-26-19/h1-4,7-10H,5-6,11-13H2,(H,23,29)(H,24,26)(H,27,30). The minimum absolute atomic E-state index is 0.0192. The highest BCUT2D eigenvalue weighted by Crippen LogP contribution is 2.16. The minimum Gasteiger partial charge on any atom is -0.368 e. The van der Waals surface area contributed by atoms with Crippen molar-refractivity contribution < 1.29 is 9.32 Å². The van der Waals surface area contributed by atoms with Gasteiger partial charge in [-0.25, -0.2) is 5.10 Å². The molecule has 10 nitrogen and oxygen atoms in total. The molecule has 0 aliphatic heterocycles. The summed E-state index contributed by atoms with van der Waals surface area (Å²) in [6, 6.07) is 12.7. The van der Waals surface area contributed by atoms with Crippen LogP contribution >= 0.6 is 0 Å². The maximum absolute atomic E-state index is 12.1. The topological polar surface area (TPSA) is 139 Å². The Morgan fingerprint density at radius 1 is 1.03 bits per heavy atom. The van der Waals surface area contributed by atoms with E-state index in [1.807, 2.05) is 24.3 Å². The molecule has 0 fully saturated rings. The van der Waals surface area contributed by atoms with Crippen LogP contribution in [-0.4, -0.2) is 44.3 Å². The van der Waals surface area contributed by atoms with E-state index in [-0.39, 0.29) is 23.8 Å². The van der Waals surface area contributed by atoms with Crippen molar-refractivity contribution in [2.45, 2.75) is 19.3 Å². The van der Waals surface area contributed by atoms with Gasteiger partial charge in [-0.1, -0.05) is 29.4 Å². The number of anilines is 1. The Hall–Kier alpha value is -4.08. The number of hydrogen-bond donors (Lipinski definition) is 3. The van der Waals surface area contributed by atoms with E-state index in [2.05, 4.69) is 36.0 Å². The second-order valence-electron chi connectivity index (χ2n) is 6.83. The predicted molar refractivity (Wildman–Crippen MR) is 114 cm³/mol. The number of carbonyl (C=O) groups excluding carboxylic acids is 1. The van der Waals surface area contributed by atoms with Crippen LogP contribution in [0.1, 0.15) is 18.7 Å². The molecule has 158 valence electrons. The summed E-state index contributed by atoms with van der Waals surface area (Å²) >= 11 is 0. The van der Waals surface area contributed by atoms with Crippen LogP contribution < -0.4 is 16.2 Å². The fourth-order valence-electron chi connectivity index (χ4n) is 3.06. The fourth-order valence-corrected chi connectivity index (χ4v) is 3.06. The molecule has 0 saturated heterocycles. The SMILES string of the molecule is O=C(Cc1nc(-c2ccccn2)no1)NCCCCNc1n[nH]c(=O)c2ccccc12. The normalized spacial score (nSPS) is 10.8. The third-order valence-electron chi connectivity index (χ3n) is 4.59. The van der Waals surface area contributed by atoms with Gasteiger partial charge in [0.25, 0.3) is 5.56 Å². The summed E-state index contributed by atoms with van der Waals surface area (Å²) in [5, 5.41) is 17.9. The van der Waals surface area contributed by atoms with Gasteiger partial charge >= 0.3 is 0 Å². The quantitative estimate of drug-likeness (QED) is 0.350. The molecule has 3 heterocycles. The Kier molecular flexibility index (Phi) is 6.26. The van der Waals surface area contributed by atoms with Gasteiger partial charge in [0.15, 0.2) is 5.82 Å². The highest BCUT2D eigenvalue weighted by Gasteiger charge is 2.13. The highest BCUT2D eigenvalue weighted by molar-refractivity contribution is 5.90. The molecule has 31 heavy (non-hydrogen) atoms. The van der Waals surface area contributed by atoms with Crippen LogP contribution in [0.5, 0.6) is 0 Å². The van der Waals surface area contributed by atoms with E-state index < -0.39 is 0 Å². The van der Waals surface area contributed by atoms with Crippen LogP contribution in [0.2, 0.25) is 0 Å². The second-order valence-corrected chi connectivity index (χ2v) is 6.83. The summed E-state index contributed by atoms with van der Waals surface area (Å²) in [5.74, 6) is 1.06. The average molecular weight is 419 g/mol. The van der Waals surface area contributed by atoms with Crippen molar-refractivity contribution in [2.75, 3.05) is 18.4 Å². The summed E-state index contributed by atoms with van der Waals surface area (Å²) < 4.78 is 5.12. The molecule has 0 unspecified atom stereocenters. The highest BCUT2D eigenvalue weighted by atomic mass is 16.5. The molecular formula is C21H21N7O3. The zero-order chi connectivity index (χ0) is 21.5. The molecule has 0 saturated carbocycles. The van der Waals surface area contributed by atoms with Crippen LogP contribution in [0.4, 0.5) is 5.82 Å². The maximum Gasteiger partial charge on any atom is 0.272 e. The van der Waals surface area contributed by atoms with Gasteiger partial charge in [0.1, 0.15) is 12.1 Å². The van der Waals surface area contributed by atoms with Crippen molar-refractivity contribution in [1.29, 1.82) is 0 Å². The zero-order valence-electron chi connectivity index (χ0n) is 16.7. The van der Waals surface area contributed by atoms with Crippen molar-refractivity contribution in [3.8, 4) is 11.5 Å². The lowest BCUT2D eigenvalue weighted by Crippen LogP contribution is -2.26. The Morgan fingerprint density at radius 2 is 1.84 bits per heavy atom. The molecular weight excluding hydrogens is 398 g/mol. The number of rotatable bonds is 9. The summed E-state index contributed by atoms with van der Waals surface area (Å²) in [6.07, 6.45) is 3.26. The third-order valence-corrected chi connectivity index (χ3v) is 4.59. The number of carbonyl (C=O) groups is 1. The van der Waals surface area contributed by atoms with Crippen molar-refractivity contribution in [2.24, 2.45) is 0 Å². The van der Waals surface area contributed by atoms with Gasteiger partial charge in [-0.15, -0.1) is 0 Å². The second kappa shape index (κ2) is 9.61. The van der Waals surface area contributed by atoms with E-state index in [1.165, 1.54) is 0 Å². The molecule has 0 bridgehead atoms. The minimum atomic E-state index is -0.211. The fraction of sp³-hybridized carbons (Fsp3) is 0.238. The van der Waals surface area contributed by atoms with E-state index in [1.54, 1.807) is 24.4 Å². The van der Waals surface area contributed by atoms with Crippen LogP contribution in [0.25, 0.3) is 22.3 Å². The summed E-state index contributed by atoms with van der Waals surface area (Å²) in [6.45, 7) is 1.19. The number of hydrogen-bond acceptors (Lipinski definition) is 8. The van der Waals surface area contributed by atoms with Gasteiger partial charge in [0.05, 0.1) is 5.39 Å². The van der Waals surface area contributed by atoms with Crippen molar-refractivity contribution in [1.82, 2.24) is 30.6 Å². The first-order chi connectivity index (χ1) is 15.2. The first-order valence-corrected chi connectivity index (χ1v) is 9.93. The molecule has 4 aromatic rings. The Balaban J connectivity index is 1.18. The molecule has 1 amide bonds. The van der Waals surface area contributed by atoms with Crippen LogP contribution in [-0.2, 0) is 11.2 Å². The first-order valence-electron chi connectivity index (χ1n) is 9.93. The van der Waals surface area contributed by atoms with E-state index in [0.29, 0.717) is 35.8 Å². The van der Waals surface area contributed by atoms with Crippen molar-refractivity contribution >= 4 is 22.5 Å². The van der Waals surface area contributed by atoms with Gasteiger partial charge in [-0.05, 0) is 31.0 Å². The lowest BCUT2D eigenvalue weighted by Gasteiger charge is -2.08. The number of aromatic nitrogens is 5. The molecule has 3 N–H and O–H groups in total. The number of nitrogens with one attached hydrogen (secondary N) is 3. The summed E-state index contributed by atoms with van der Waals surface area (Å²) in [4.78, 5) is 32.2. The largest absolute Gasteiger partial charge is 0.368 e. The number of nitrogens with zero attached hydrogens (tertiary/aromatic N) is 4.